The number of anilines is 2. The van der Waals surface area contributed by atoms with Crippen molar-refractivity contribution in [3.63, 3.8) is 0 Å². The predicted molar refractivity (Wildman–Crippen MR) is 98.8 cm³/mol. The standard InChI is InChI=1S/C19H17N5O2/c1-2-16-17(20-7-1)23-24-18(16)22-13-3-4-15-12(10-13)5-8-21-19(15)26-14-6-9-25-11-14/h1-5,7-8,10,14H,6,9,11H2,(H2,20,22,23,24)/t14-/m1/s1. The molecule has 5 rings (SSSR count). The van der Waals surface area contributed by atoms with Crippen molar-refractivity contribution < 1.29 is 9.47 Å². The van der Waals surface area contributed by atoms with E-state index in [0.29, 0.717) is 18.1 Å². The van der Waals surface area contributed by atoms with E-state index < -0.39 is 0 Å². The van der Waals surface area contributed by atoms with Crippen molar-refractivity contribution in [2.24, 2.45) is 0 Å². The summed E-state index contributed by atoms with van der Waals surface area (Å²) in [5, 5.41) is 13.6. The van der Waals surface area contributed by atoms with E-state index in [4.69, 9.17) is 9.47 Å². The fraction of sp³-hybridized carbons (Fsp3) is 0.211. The number of nitrogens with zero attached hydrogens (tertiary/aromatic N) is 3. The molecular weight excluding hydrogens is 330 g/mol. The molecule has 1 aromatic carbocycles. The van der Waals surface area contributed by atoms with Crippen LogP contribution in [0.3, 0.4) is 0 Å². The molecule has 2 N–H and O–H groups in total. The zero-order chi connectivity index (χ0) is 17.3. The SMILES string of the molecule is c1cnc2n[nH]c(Nc3ccc4c(O[C@@H]5CCOC5)nccc4c3)c2c1. The number of fused-ring (bicyclic) bond motifs is 2. The summed E-state index contributed by atoms with van der Waals surface area (Å²) in [5.41, 5.74) is 1.64. The summed E-state index contributed by atoms with van der Waals surface area (Å²) in [5.74, 6) is 1.47. The molecule has 0 bridgehead atoms. The second-order valence-corrected chi connectivity index (χ2v) is 6.25. The first kappa shape index (κ1) is 15.1. The Morgan fingerprint density at radius 1 is 1.12 bits per heavy atom. The molecule has 1 saturated heterocycles. The number of H-pyrrole nitrogens is 1. The number of benzene rings is 1. The van der Waals surface area contributed by atoms with Crippen LogP contribution in [0.25, 0.3) is 21.8 Å². The predicted octanol–water partition coefficient (Wildman–Crippen LogP) is 3.42. The van der Waals surface area contributed by atoms with E-state index in [1.807, 2.05) is 30.3 Å². The quantitative estimate of drug-likeness (QED) is 0.588. The van der Waals surface area contributed by atoms with Crippen LogP contribution in [-0.2, 0) is 4.74 Å². The van der Waals surface area contributed by atoms with Crippen LogP contribution in [0.4, 0.5) is 11.5 Å². The molecule has 0 radical (unpaired) electrons. The Morgan fingerprint density at radius 3 is 3.04 bits per heavy atom. The maximum atomic E-state index is 6.01. The van der Waals surface area contributed by atoms with Crippen LogP contribution < -0.4 is 10.1 Å². The number of aromatic nitrogens is 4. The molecule has 1 aliphatic heterocycles. The molecule has 7 heteroatoms. The minimum absolute atomic E-state index is 0.0785. The number of aromatic amines is 1. The van der Waals surface area contributed by atoms with E-state index in [1.54, 1.807) is 12.4 Å². The second kappa shape index (κ2) is 6.27. The number of hydrogen-bond acceptors (Lipinski definition) is 6. The van der Waals surface area contributed by atoms with Gasteiger partial charge in [-0.3, -0.25) is 5.10 Å². The van der Waals surface area contributed by atoms with Crippen LogP contribution in [0.15, 0.2) is 48.8 Å². The largest absolute Gasteiger partial charge is 0.471 e. The lowest BCUT2D eigenvalue weighted by Crippen LogP contribution is -2.16. The lowest BCUT2D eigenvalue weighted by molar-refractivity contribution is 0.139. The fourth-order valence-corrected chi connectivity index (χ4v) is 3.18. The van der Waals surface area contributed by atoms with Crippen LogP contribution in [0, 0.1) is 0 Å². The van der Waals surface area contributed by atoms with E-state index in [1.165, 1.54) is 0 Å². The third-order valence-corrected chi connectivity index (χ3v) is 4.49. The van der Waals surface area contributed by atoms with E-state index in [0.717, 1.165) is 40.7 Å². The topological polar surface area (TPSA) is 85.0 Å². The molecule has 4 heterocycles. The summed E-state index contributed by atoms with van der Waals surface area (Å²) < 4.78 is 11.4. The van der Waals surface area contributed by atoms with Crippen LogP contribution in [0.1, 0.15) is 6.42 Å². The number of ether oxygens (including phenoxy) is 2. The smallest absolute Gasteiger partial charge is 0.221 e. The van der Waals surface area contributed by atoms with Gasteiger partial charge in [0.1, 0.15) is 11.9 Å². The van der Waals surface area contributed by atoms with Crippen molar-refractivity contribution in [1.29, 1.82) is 0 Å². The first-order chi connectivity index (χ1) is 12.9. The molecule has 0 unspecified atom stereocenters. The third-order valence-electron chi connectivity index (χ3n) is 4.49. The Morgan fingerprint density at radius 2 is 2.12 bits per heavy atom. The molecule has 4 aromatic rings. The average molecular weight is 347 g/mol. The number of hydrogen-bond donors (Lipinski definition) is 2. The summed E-state index contributed by atoms with van der Waals surface area (Å²) >= 11 is 0. The van der Waals surface area contributed by atoms with Gasteiger partial charge in [0.25, 0.3) is 0 Å². The summed E-state index contributed by atoms with van der Waals surface area (Å²) in [6.07, 6.45) is 4.48. The van der Waals surface area contributed by atoms with Gasteiger partial charge in [-0.05, 0) is 41.8 Å². The third kappa shape index (κ3) is 2.72. The average Bonchev–Trinajstić information content (AvgIpc) is 3.32. The second-order valence-electron chi connectivity index (χ2n) is 6.25. The highest BCUT2D eigenvalue weighted by atomic mass is 16.5. The monoisotopic (exact) mass is 347 g/mol. The van der Waals surface area contributed by atoms with E-state index in [2.05, 4.69) is 31.5 Å². The van der Waals surface area contributed by atoms with Crippen molar-refractivity contribution >= 4 is 33.3 Å². The van der Waals surface area contributed by atoms with Gasteiger partial charge in [-0.1, -0.05) is 0 Å². The summed E-state index contributed by atoms with van der Waals surface area (Å²) in [6, 6.07) is 11.9. The van der Waals surface area contributed by atoms with Gasteiger partial charge in [0.05, 0.1) is 18.6 Å². The van der Waals surface area contributed by atoms with E-state index in [9.17, 15) is 0 Å². The molecule has 1 atom stereocenters. The number of pyridine rings is 2. The lowest BCUT2D eigenvalue weighted by atomic mass is 10.1. The first-order valence-electron chi connectivity index (χ1n) is 8.56. The van der Waals surface area contributed by atoms with Crippen molar-refractivity contribution in [3.8, 4) is 5.88 Å². The van der Waals surface area contributed by atoms with Crippen LogP contribution in [-0.4, -0.2) is 39.5 Å². The van der Waals surface area contributed by atoms with E-state index in [-0.39, 0.29) is 6.10 Å². The molecule has 1 fully saturated rings. The van der Waals surface area contributed by atoms with Crippen LogP contribution in [0.5, 0.6) is 5.88 Å². The van der Waals surface area contributed by atoms with E-state index >= 15 is 0 Å². The molecule has 0 spiro atoms. The Kier molecular flexibility index (Phi) is 3.64. The minimum Gasteiger partial charge on any atom is -0.471 e. The van der Waals surface area contributed by atoms with Crippen molar-refractivity contribution in [1.82, 2.24) is 20.2 Å². The molecule has 0 saturated carbocycles. The van der Waals surface area contributed by atoms with Gasteiger partial charge < -0.3 is 14.8 Å². The maximum absolute atomic E-state index is 6.01. The summed E-state index contributed by atoms with van der Waals surface area (Å²) in [4.78, 5) is 8.63. The van der Waals surface area contributed by atoms with Crippen LogP contribution >= 0.6 is 0 Å². The van der Waals surface area contributed by atoms with Gasteiger partial charge >= 0.3 is 0 Å². The van der Waals surface area contributed by atoms with Gasteiger partial charge in [0.15, 0.2) is 5.65 Å². The Bertz CT molecular complexity index is 1070. The Balaban J connectivity index is 1.46. The molecule has 26 heavy (non-hydrogen) atoms. The lowest BCUT2D eigenvalue weighted by Gasteiger charge is -2.13. The minimum atomic E-state index is 0.0785. The Hall–Kier alpha value is -3.19. The molecule has 3 aromatic heterocycles. The molecule has 7 nitrogen and oxygen atoms in total. The highest BCUT2D eigenvalue weighted by Crippen LogP contribution is 2.29. The zero-order valence-corrected chi connectivity index (χ0v) is 14.0. The molecule has 1 aliphatic rings. The summed E-state index contributed by atoms with van der Waals surface area (Å²) in [7, 11) is 0. The summed E-state index contributed by atoms with van der Waals surface area (Å²) in [6.45, 7) is 1.37. The maximum Gasteiger partial charge on any atom is 0.221 e. The van der Waals surface area contributed by atoms with Crippen molar-refractivity contribution in [2.75, 3.05) is 18.5 Å². The first-order valence-corrected chi connectivity index (χ1v) is 8.56. The van der Waals surface area contributed by atoms with Gasteiger partial charge in [-0.25, -0.2) is 9.97 Å². The van der Waals surface area contributed by atoms with Gasteiger partial charge in [-0.15, -0.1) is 0 Å². The van der Waals surface area contributed by atoms with Crippen molar-refractivity contribution in [3.05, 3.63) is 48.8 Å². The number of rotatable bonds is 4. The molecule has 130 valence electrons. The van der Waals surface area contributed by atoms with Gasteiger partial charge in [0, 0.05) is 29.9 Å². The van der Waals surface area contributed by atoms with Crippen LogP contribution in [0.2, 0.25) is 0 Å². The van der Waals surface area contributed by atoms with Gasteiger partial charge in [0.2, 0.25) is 5.88 Å². The molecule has 0 aliphatic carbocycles. The number of nitrogens with one attached hydrogen (secondary N) is 2. The zero-order valence-electron chi connectivity index (χ0n) is 14.0. The van der Waals surface area contributed by atoms with Gasteiger partial charge in [-0.2, -0.15) is 5.10 Å². The fourth-order valence-electron chi connectivity index (χ4n) is 3.18. The van der Waals surface area contributed by atoms with Crippen molar-refractivity contribution in [2.45, 2.75) is 12.5 Å². The molecule has 0 amide bonds. The highest BCUT2D eigenvalue weighted by Gasteiger charge is 2.19. The normalized spacial score (nSPS) is 17.0. The Labute approximate surface area is 149 Å². The highest BCUT2D eigenvalue weighted by molar-refractivity contribution is 5.92. The molecular formula is C19H17N5O2.